The van der Waals surface area contributed by atoms with E-state index in [1.54, 1.807) is 42.5 Å². The third-order valence-corrected chi connectivity index (χ3v) is 8.72. The molecular weight excluding hydrogens is 486 g/mol. The summed E-state index contributed by atoms with van der Waals surface area (Å²) in [6.45, 7) is 5.32. The van der Waals surface area contributed by atoms with E-state index in [-0.39, 0.29) is 17.3 Å². The minimum Gasteiger partial charge on any atom is -0.476 e. The van der Waals surface area contributed by atoms with Crippen molar-refractivity contribution in [2.45, 2.75) is 50.3 Å². The fourth-order valence-electron chi connectivity index (χ4n) is 4.96. The maximum absolute atomic E-state index is 13.5. The van der Waals surface area contributed by atoms with Crippen LogP contribution in [0, 0.1) is 6.92 Å². The number of nitrogens with one attached hydrogen (secondary N) is 1. The Bertz CT molecular complexity index is 1350. The smallest absolute Gasteiger partial charge is 0.264 e. The molecule has 0 radical (unpaired) electrons. The van der Waals surface area contributed by atoms with Gasteiger partial charge in [0.15, 0.2) is 6.10 Å². The molecule has 0 aromatic heterocycles. The zero-order valence-electron chi connectivity index (χ0n) is 21.1. The molecule has 2 aliphatic rings. The van der Waals surface area contributed by atoms with Crippen molar-refractivity contribution in [2.75, 3.05) is 23.9 Å². The topological polar surface area (TPSA) is 79.0 Å². The normalized spacial score (nSPS) is 18.1. The Morgan fingerprint density at radius 1 is 0.946 bits per heavy atom. The zero-order chi connectivity index (χ0) is 25.8. The number of fused-ring (bicyclic) bond motifs is 1. The van der Waals surface area contributed by atoms with Gasteiger partial charge >= 0.3 is 0 Å². The lowest BCUT2D eigenvalue weighted by Crippen LogP contribution is -2.50. The molecular formula is C29H33N3O4S. The largest absolute Gasteiger partial charge is 0.476 e. The Kier molecular flexibility index (Phi) is 7.48. The molecule has 1 amide bonds. The molecule has 1 N–H and O–H groups in total. The lowest BCUT2D eigenvalue weighted by molar-refractivity contribution is -0.127. The number of anilines is 1. The van der Waals surface area contributed by atoms with Crippen molar-refractivity contribution in [3.05, 3.63) is 89.5 Å². The quantitative estimate of drug-likeness (QED) is 0.505. The van der Waals surface area contributed by atoms with Crippen molar-refractivity contribution in [3.8, 4) is 5.75 Å². The number of hydrogen-bond donors (Lipinski definition) is 1. The van der Waals surface area contributed by atoms with Crippen LogP contribution in [-0.2, 0) is 27.9 Å². The van der Waals surface area contributed by atoms with E-state index in [0.29, 0.717) is 18.0 Å². The molecule has 0 unspecified atom stereocenters. The van der Waals surface area contributed by atoms with Crippen molar-refractivity contribution < 1.29 is 17.9 Å². The first-order valence-corrected chi connectivity index (χ1v) is 14.3. The summed E-state index contributed by atoms with van der Waals surface area (Å²) in [6.07, 6.45) is 2.83. The van der Waals surface area contributed by atoms with E-state index in [0.717, 1.165) is 30.8 Å². The average molecular weight is 520 g/mol. The number of rotatable bonds is 7. The number of carbonyl (C=O) groups excluding carboxylic acids is 1. The first-order valence-electron chi connectivity index (χ1n) is 12.8. The van der Waals surface area contributed by atoms with Crippen LogP contribution in [0.5, 0.6) is 5.75 Å². The molecule has 0 aliphatic carbocycles. The minimum absolute atomic E-state index is 0.103. The standard InChI is InChI=1S/C29H33N3O4S/c1-22-13-14-26-27(17-22)36-28(21-32(26)37(34,35)25-11-4-2-5-12-25)29(33)30-19-23-9-8-10-24(18-23)20-31-15-6-3-7-16-31/h2,4-5,8-14,17-18,28H,3,6-7,15-16,19-21H2,1H3,(H,30,33)/t28-/m0/s1. The molecule has 0 saturated carbocycles. The first kappa shape index (κ1) is 25.3. The molecule has 3 aromatic rings. The van der Waals surface area contributed by atoms with Gasteiger partial charge < -0.3 is 10.1 Å². The molecule has 8 heteroatoms. The third kappa shape index (κ3) is 5.81. The number of amides is 1. The first-order chi connectivity index (χ1) is 17.9. The number of nitrogens with zero attached hydrogens (tertiary/aromatic N) is 2. The molecule has 0 spiro atoms. The molecule has 5 rings (SSSR count). The van der Waals surface area contributed by atoms with Crippen LogP contribution in [0.2, 0.25) is 0 Å². The van der Waals surface area contributed by atoms with Crippen LogP contribution in [0.15, 0.2) is 77.7 Å². The molecule has 3 aromatic carbocycles. The van der Waals surface area contributed by atoms with Gasteiger partial charge in [-0.3, -0.25) is 14.0 Å². The Labute approximate surface area is 219 Å². The van der Waals surface area contributed by atoms with E-state index in [1.807, 2.05) is 25.1 Å². The monoisotopic (exact) mass is 519 g/mol. The lowest BCUT2D eigenvalue weighted by Gasteiger charge is -2.35. The number of benzene rings is 3. The van der Waals surface area contributed by atoms with Gasteiger partial charge in [0.2, 0.25) is 0 Å². The maximum Gasteiger partial charge on any atom is 0.264 e. The predicted octanol–water partition coefficient (Wildman–Crippen LogP) is 4.25. The summed E-state index contributed by atoms with van der Waals surface area (Å²) < 4.78 is 34.3. The summed E-state index contributed by atoms with van der Waals surface area (Å²) >= 11 is 0. The summed E-state index contributed by atoms with van der Waals surface area (Å²) in [5.74, 6) is 0.0382. The second kappa shape index (κ2) is 10.9. The van der Waals surface area contributed by atoms with Crippen LogP contribution in [0.25, 0.3) is 0 Å². The number of ether oxygens (including phenoxy) is 1. The Morgan fingerprint density at radius 2 is 1.70 bits per heavy atom. The number of carbonyl (C=O) groups is 1. The van der Waals surface area contributed by atoms with Crippen LogP contribution in [0.1, 0.15) is 36.0 Å². The van der Waals surface area contributed by atoms with Gasteiger partial charge in [-0.05, 0) is 73.8 Å². The van der Waals surface area contributed by atoms with E-state index < -0.39 is 16.1 Å². The van der Waals surface area contributed by atoms with Gasteiger partial charge in [0.1, 0.15) is 5.75 Å². The van der Waals surface area contributed by atoms with E-state index in [2.05, 4.69) is 22.3 Å². The average Bonchev–Trinajstić information content (AvgIpc) is 2.92. The molecule has 2 aliphatic heterocycles. The highest BCUT2D eigenvalue weighted by molar-refractivity contribution is 7.92. The second-order valence-electron chi connectivity index (χ2n) is 9.80. The van der Waals surface area contributed by atoms with Gasteiger partial charge in [0.05, 0.1) is 17.1 Å². The highest BCUT2D eigenvalue weighted by Crippen LogP contribution is 2.37. The van der Waals surface area contributed by atoms with Gasteiger partial charge in [-0.1, -0.05) is 55.0 Å². The van der Waals surface area contributed by atoms with Crippen molar-refractivity contribution in [3.63, 3.8) is 0 Å². The van der Waals surface area contributed by atoms with E-state index in [1.165, 1.54) is 29.1 Å². The predicted molar refractivity (Wildman–Crippen MR) is 144 cm³/mol. The highest BCUT2D eigenvalue weighted by atomic mass is 32.2. The zero-order valence-corrected chi connectivity index (χ0v) is 21.9. The molecule has 7 nitrogen and oxygen atoms in total. The molecule has 37 heavy (non-hydrogen) atoms. The fourth-order valence-corrected chi connectivity index (χ4v) is 6.46. The van der Waals surface area contributed by atoms with Gasteiger partial charge in [0.25, 0.3) is 15.9 Å². The van der Waals surface area contributed by atoms with E-state index >= 15 is 0 Å². The molecule has 1 saturated heterocycles. The van der Waals surface area contributed by atoms with Crippen LogP contribution < -0.4 is 14.4 Å². The Morgan fingerprint density at radius 3 is 2.49 bits per heavy atom. The molecule has 1 fully saturated rings. The molecule has 2 heterocycles. The van der Waals surface area contributed by atoms with Gasteiger partial charge in [-0.25, -0.2) is 8.42 Å². The van der Waals surface area contributed by atoms with Crippen LogP contribution in [0.4, 0.5) is 5.69 Å². The SMILES string of the molecule is Cc1ccc2c(c1)O[C@H](C(=O)NCc1cccc(CN3CCCCC3)c1)CN2S(=O)(=O)c1ccccc1. The Hall–Kier alpha value is -3.36. The summed E-state index contributed by atoms with van der Waals surface area (Å²) in [4.78, 5) is 15.9. The van der Waals surface area contributed by atoms with Crippen molar-refractivity contribution in [1.82, 2.24) is 10.2 Å². The summed E-state index contributed by atoms with van der Waals surface area (Å²) in [7, 11) is -3.87. The van der Waals surface area contributed by atoms with E-state index in [9.17, 15) is 13.2 Å². The summed E-state index contributed by atoms with van der Waals surface area (Å²) in [5, 5.41) is 2.96. The number of aryl methyl sites for hydroxylation is 1. The minimum atomic E-state index is -3.87. The van der Waals surface area contributed by atoms with Crippen molar-refractivity contribution in [1.29, 1.82) is 0 Å². The molecule has 0 bridgehead atoms. The summed E-state index contributed by atoms with van der Waals surface area (Å²) in [5.41, 5.74) is 3.59. The second-order valence-corrected chi connectivity index (χ2v) is 11.7. The number of hydrogen-bond acceptors (Lipinski definition) is 5. The maximum atomic E-state index is 13.5. The van der Waals surface area contributed by atoms with Gasteiger partial charge in [0, 0.05) is 13.1 Å². The fraction of sp³-hybridized carbons (Fsp3) is 0.345. The Balaban J connectivity index is 1.31. The lowest BCUT2D eigenvalue weighted by atomic mass is 10.1. The number of likely N-dealkylation sites (tertiary alicyclic amines) is 1. The molecule has 1 atom stereocenters. The third-order valence-electron chi connectivity index (χ3n) is 6.92. The van der Waals surface area contributed by atoms with Crippen molar-refractivity contribution in [2.24, 2.45) is 0 Å². The van der Waals surface area contributed by atoms with Gasteiger partial charge in [-0.15, -0.1) is 0 Å². The number of sulfonamides is 1. The van der Waals surface area contributed by atoms with Crippen LogP contribution in [-0.4, -0.2) is 45.0 Å². The van der Waals surface area contributed by atoms with E-state index in [4.69, 9.17) is 4.74 Å². The molecule has 194 valence electrons. The van der Waals surface area contributed by atoms with Crippen LogP contribution in [0.3, 0.4) is 0 Å². The number of piperidine rings is 1. The van der Waals surface area contributed by atoms with Gasteiger partial charge in [-0.2, -0.15) is 0 Å². The summed E-state index contributed by atoms with van der Waals surface area (Å²) in [6, 6.07) is 21.9. The van der Waals surface area contributed by atoms with Crippen molar-refractivity contribution >= 4 is 21.6 Å². The van der Waals surface area contributed by atoms with Crippen LogP contribution >= 0.6 is 0 Å². The highest BCUT2D eigenvalue weighted by Gasteiger charge is 2.37.